The Hall–Kier alpha value is -1.12. The molecule has 0 aromatic heterocycles. The molecule has 0 aliphatic carbocycles. The zero-order valence-corrected chi connectivity index (χ0v) is 10.8. The van der Waals surface area contributed by atoms with E-state index >= 15 is 0 Å². The van der Waals surface area contributed by atoms with Crippen molar-refractivity contribution in [1.29, 1.82) is 0 Å². The Bertz CT molecular complexity index is 506. The monoisotopic (exact) mass is 275 g/mol. The molecule has 2 N–H and O–H groups in total. The quantitative estimate of drug-likeness (QED) is 0.885. The highest BCUT2D eigenvalue weighted by molar-refractivity contribution is 9.10. The van der Waals surface area contributed by atoms with E-state index in [1.165, 1.54) is 16.7 Å². The molecule has 82 valence electrons. The van der Waals surface area contributed by atoms with Crippen LogP contribution in [0.1, 0.15) is 11.1 Å². The summed E-state index contributed by atoms with van der Waals surface area (Å²) in [6, 6.07) is 14.6. The van der Waals surface area contributed by atoms with Crippen LogP contribution in [0.5, 0.6) is 0 Å². The molecule has 1 nitrogen and oxygen atoms in total. The highest BCUT2D eigenvalue weighted by Crippen LogP contribution is 2.30. The van der Waals surface area contributed by atoms with Gasteiger partial charge in [-0.3, -0.25) is 0 Å². The average Bonchev–Trinajstić information content (AvgIpc) is 2.31. The van der Waals surface area contributed by atoms with E-state index in [-0.39, 0.29) is 0 Å². The Morgan fingerprint density at radius 2 is 1.81 bits per heavy atom. The maximum atomic E-state index is 5.67. The van der Waals surface area contributed by atoms with Gasteiger partial charge in [-0.2, -0.15) is 0 Å². The lowest BCUT2D eigenvalue weighted by molar-refractivity contribution is 1.07. The summed E-state index contributed by atoms with van der Waals surface area (Å²) >= 11 is 3.58. The van der Waals surface area contributed by atoms with Crippen LogP contribution in [0.4, 0.5) is 0 Å². The van der Waals surface area contributed by atoms with E-state index in [9.17, 15) is 0 Å². The molecule has 2 aromatic carbocycles. The van der Waals surface area contributed by atoms with Gasteiger partial charge < -0.3 is 5.73 Å². The minimum atomic E-state index is 0.581. The summed E-state index contributed by atoms with van der Waals surface area (Å²) < 4.78 is 1.12. The Morgan fingerprint density at radius 1 is 1.06 bits per heavy atom. The van der Waals surface area contributed by atoms with Crippen molar-refractivity contribution in [3.63, 3.8) is 0 Å². The molecule has 0 radical (unpaired) electrons. The molecule has 0 aliphatic heterocycles. The standard InChI is InChI=1S/C14H14BrN/c1-10-6-7-11(9-16)8-13(10)12-4-2-3-5-14(12)15/h2-8H,9,16H2,1H3. The van der Waals surface area contributed by atoms with Crippen molar-refractivity contribution in [3.05, 3.63) is 58.1 Å². The Labute approximate surface area is 104 Å². The predicted octanol–water partition coefficient (Wildman–Crippen LogP) is 3.88. The number of halogens is 1. The Kier molecular flexibility index (Phi) is 3.42. The van der Waals surface area contributed by atoms with Crippen LogP contribution in [-0.2, 0) is 6.54 Å². The Morgan fingerprint density at radius 3 is 2.50 bits per heavy atom. The molecule has 2 heteroatoms. The highest BCUT2D eigenvalue weighted by Gasteiger charge is 2.05. The zero-order valence-electron chi connectivity index (χ0n) is 9.20. The molecule has 0 fully saturated rings. The average molecular weight is 276 g/mol. The summed E-state index contributed by atoms with van der Waals surface area (Å²) in [5.74, 6) is 0. The summed E-state index contributed by atoms with van der Waals surface area (Å²) in [6.07, 6.45) is 0. The fourth-order valence-electron chi connectivity index (χ4n) is 1.77. The molecular weight excluding hydrogens is 262 g/mol. The second-order valence-electron chi connectivity index (χ2n) is 3.83. The van der Waals surface area contributed by atoms with Crippen LogP contribution in [0.15, 0.2) is 46.9 Å². The molecule has 0 unspecified atom stereocenters. The molecule has 0 spiro atoms. The molecule has 16 heavy (non-hydrogen) atoms. The van der Waals surface area contributed by atoms with Crippen LogP contribution >= 0.6 is 15.9 Å². The van der Waals surface area contributed by atoms with Gasteiger partial charge in [-0.05, 0) is 41.3 Å². The molecular formula is C14H14BrN. The van der Waals surface area contributed by atoms with Crippen molar-refractivity contribution in [2.45, 2.75) is 13.5 Å². The van der Waals surface area contributed by atoms with Crippen molar-refractivity contribution in [3.8, 4) is 11.1 Å². The van der Waals surface area contributed by atoms with Crippen LogP contribution < -0.4 is 5.73 Å². The molecule has 0 saturated carbocycles. The maximum absolute atomic E-state index is 5.67. The molecule has 0 amide bonds. The van der Waals surface area contributed by atoms with Crippen molar-refractivity contribution >= 4 is 15.9 Å². The second-order valence-corrected chi connectivity index (χ2v) is 4.69. The first kappa shape index (κ1) is 11.4. The topological polar surface area (TPSA) is 26.0 Å². The summed E-state index contributed by atoms with van der Waals surface area (Å²) in [6.45, 7) is 2.70. The third kappa shape index (κ3) is 2.18. The van der Waals surface area contributed by atoms with E-state index in [0.29, 0.717) is 6.54 Å². The lowest BCUT2D eigenvalue weighted by Gasteiger charge is -2.10. The summed E-state index contributed by atoms with van der Waals surface area (Å²) in [7, 11) is 0. The van der Waals surface area contributed by atoms with Gasteiger partial charge in [0, 0.05) is 11.0 Å². The number of nitrogens with two attached hydrogens (primary N) is 1. The number of benzene rings is 2. The minimum absolute atomic E-state index is 0.581. The molecule has 0 aliphatic rings. The van der Waals surface area contributed by atoms with E-state index in [0.717, 1.165) is 10.0 Å². The van der Waals surface area contributed by atoms with Gasteiger partial charge in [-0.25, -0.2) is 0 Å². The van der Waals surface area contributed by atoms with Gasteiger partial charge in [0.2, 0.25) is 0 Å². The Balaban J connectivity index is 2.59. The van der Waals surface area contributed by atoms with Crippen molar-refractivity contribution in [2.75, 3.05) is 0 Å². The van der Waals surface area contributed by atoms with E-state index in [1.807, 2.05) is 6.07 Å². The molecule has 0 atom stereocenters. The largest absolute Gasteiger partial charge is 0.326 e. The predicted molar refractivity (Wildman–Crippen MR) is 72.2 cm³/mol. The van der Waals surface area contributed by atoms with E-state index in [4.69, 9.17) is 5.73 Å². The van der Waals surface area contributed by atoms with E-state index < -0.39 is 0 Å². The van der Waals surface area contributed by atoms with Gasteiger partial charge in [0.05, 0.1) is 0 Å². The summed E-state index contributed by atoms with van der Waals surface area (Å²) in [4.78, 5) is 0. The molecule has 0 heterocycles. The number of hydrogen-bond donors (Lipinski definition) is 1. The third-order valence-electron chi connectivity index (χ3n) is 2.70. The number of aryl methyl sites for hydroxylation is 1. The van der Waals surface area contributed by atoms with Crippen LogP contribution in [0, 0.1) is 6.92 Å². The highest BCUT2D eigenvalue weighted by atomic mass is 79.9. The fourth-order valence-corrected chi connectivity index (χ4v) is 2.26. The molecule has 2 rings (SSSR count). The fraction of sp³-hybridized carbons (Fsp3) is 0.143. The minimum Gasteiger partial charge on any atom is -0.326 e. The van der Waals surface area contributed by atoms with Gasteiger partial charge in [0.15, 0.2) is 0 Å². The van der Waals surface area contributed by atoms with E-state index in [1.54, 1.807) is 0 Å². The van der Waals surface area contributed by atoms with Crippen LogP contribution in [0.2, 0.25) is 0 Å². The first-order chi connectivity index (χ1) is 7.72. The lowest BCUT2D eigenvalue weighted by atomic mass is 9.98. The van der Waals surface area contributed by atoms with Gasteiger partial charge in [-0.15, -0.1) is 0 Å². The van der Waals surface area contributed by atoms with Gasteiger partial charge in [0.1, 0.15) is 0 Å². The summed E-state index contributed by atoms with van der Waals surface area (Å²) in [5.41, 5.74) is 10.6. The van der Waals surface area contributed by atoms with Gasteiger partial charge >= 0.3 is 0 Å². The summed E-state index contributed by atoms with van der Waals surface area (Å²) in [5, 5.41) is 0. The molecule has 2 aromatic rings. The van der Waals surface area contributed by atoms with Crippen molar-refractivity contribution < 1.29 is 0 Å². The first-order valence-electron chi connectivity index (χ1n) is 5.27. The maximum Gasteiger partial charge on any atom is 0.0253 e. The third-order valence-corrected chi connectivity index (χ3v) is 3.39. The lowest BCUT2D eigenvalue weighted by Crippen LogP contribution is -1.97. The van der Waals surface area contributed by atoms with E-state index in [2.05, 4.69) is 59.3 Å². The van der Waals surface area contributed by atoms with Gasteiger partial charge in [-0.1, -0.05) is 46.3 Å². The van der Waals surface area contributed by atoms with Crippen LogP contribution in [0.25, 0.3) is 11.1 Å². The first-order valence-corrected chi connectivity index (χ1v) is 6.06. The van der Waals surface area contributed by atoms with Crippen LogP contribution in [0.3, 0.4) is 0 Å². The van der Waals surface area contributed by atoms with Crippen molar-refractivity contribution in [1.82, 2.24) is 0 Å². The SMILES string of the molecule is Cc1ccc(CN)cc1-c1ccccc1Br. The number of hydrogen-bond acceptors (Lipinski definition) is 1. The normalized spacial score (nSPS) is 10.4. The second kappa shape index (κ2) is 4.81. The zero-order chi connectivity index (χ0) is 11.5. The van der Waals surface area contributed by atoms with Crippen molar-refractivity contribution in [2.24, 2.45) is 5.73 Å². The smallest absolute Gasteiger partial charge is 0.0253 e. The van der Waals surface area contributed by atoms with Gasteiger partial charge in [0.25, 0.3) is 0 Å². The molecule has 0 bridgehead atoms. The molecule has 0 saturated heterocycles. The van der Waals surface area contributed by atoms with Crippen LogP contribution in [-0.4, -0.2) is 0 Å². The number of rotatable bonds is 2.